The maximum absolute atomic E-state index is 12.0. The van der Waals surface area contributed by atoms with Gasteiger partial charge in [0.15, 0.2) is 0 Å². The first-order valence-electron chi connectivity index (χ1n) is 5.61. The van der Waals surface area contributed by atoms with Crippen LogP contribution in [-0.4, -0.2) is 17.3 Å². The minimum absolute atomic E-state index is 0.0142. The zero-order chi connectivity index (χ0) is 12.3. The molecule has 17 heavy (non-hydrogen) atoms. The van der Waals surface area contributed by atoms with Gasteiger partial charge in [-0.1, -0.05) is 41.1 Å². The van der Waals surface area contributed by atoms with Crippen molar-refractivity contribution >= 4 is 43.3 Å². The lowest BCUT2D eigenvalue weighted by molar-refractivity contribution is 0.0956. The van der Waals surface area contributed by atoms with E-state index in [-0.39, 0.29) is 5.91 Å². The highest BCUT2D eigenvalue weighted by molar-refractivity contribution is 9.09. The van der Waals surface area contributed by atoms with Crippen LogP contribution >= 0.6 is 27.3 Å². The molecule has 1 atom stereocenters. The van der Waals surface area contributed by atoms with E-state index in [1.807, 2.05) is 29.6 Å². The molecule has 1 amide bonds. The average molecular weight is 312 g/mol. The smallest absolute Gasteiger partial charge is 0.252 e. The topological polar surface area (TPSA) is 29.1 Å². The number of rotatable bonds is 4. The van der Waals surface area contributed by atoms with Crippen LogP contribution in [0.25, 0.3) is 10.1 Å². The molecular formula is C13H14BrNOS. The molecule has 0 saturated carbocycles. The number of benzene rings is 1. The Morgan fingerprint density at radius 3 is 3.00 bits per heavy atom. The average Bonchev–Trinajstić information content (AvgIpc) is 2.79. The van der Waals surface area contributed by atoms with Crippen LogP contribution in [0.4, 0.5) is 0 Å². The molecule has 0 fully saturated rings. The van der Waals surface area contributed by atoms with Gasteiger partial charge < -0.3 is 5.32 Å². The van der Waals surface area contributed by atoms with Crippen molar-refractivity contribution in [1.29, 1.82) is 0 Å². The first kappa shape index (κ1) is 12.6. The summed E-state index contributed by atoms with van der Waals surface area (Å²) < 4.78 is 1.16. The molecule has 1 aromatic carbocycles. The molecule has 1 heterocycles. The highest BCUT2D eigenvalue weighted by atomic mass is 79.9. The van der Waals surface area contributed by atoms with Crippen molar-refractivity contribution < 1.29 is 4.79 Å². The summed E-state index contributed by atoms with van der Waals surface area (Å²) in [6, 6.07) is 7.99. The van der Waals surface area contributed by atoms with Gasteiger partial charge in [-0.2, -0.15) is 0 Å². The van der Waals surface area contributed by atoms with Gasteiger partial charge in [-0.05, 0) is 12.5 Å². The summed E-state index contributed by atoms with van der Waals surface area (Å²) in [7, 11) is 0. The van der Waals surface area contributed by atoms with Crippen LogP contribution in [0.1, 0.15) is 23.7 Å². The number of carbonyl (C=O) groups excluding carboxylic acids is 1. The molecule has 2 rings (SSSR count). The maximum Gasteiger partial charge on any atom is 0.252 e. The van der Waals surface area contributed by atoms with Crippen molar-refractivity contribution in [3.8, 4) is 0 Å². The van der Waals surface area contributed by atoms with Gasteiger partial charge >= 0.3 is 0 Å². The Morgan fingerprint density at radius 1 is 1.47 bits per heavy atom. The van der Waals surface area contributed by atoms with E-state index in [1.54, 1.807) is 11.3 Å². The Bertz CT molecular complexity index is 523. The molecule has 1 aromatic heterocycles. The van der Waals surface area contributed by atoms with Crippen LogP contribution in [0.15, 0.2) is 29.6 Å². The molecule has 0 spiro atoms. The zero-order valence-corrected chi connectivity index (χ0v) is 12.0. The number of carbonyl (C=O) groups is 1. The van der Waals surface area contributed by atoms with Crippen molar-refractivity contribution in [2.75, 3.05) is 6.54 Å². The Kier molecular flexibility index (Phi) is 4.18. The fourth-order valence-electron chi connectivity index (χ4n) is 1.60. The maximum atomic E-state index is 12.0. The van der Waals surface area contributed by atoms with Crippen molar-refractivity contribution in [2.24, 2.45) is 0 Å². The molecule has 0 saturated heterocycles. The van der Waals surface area contributed by atoms with Crippen LogP contribution in [-0.2, 0) is 0 Å². The van der Waals surface area contributed by atoms with Gasteiger partial charge in [0, 0.05) is 26.8 Å². The van der Waals surface area contributed by atoms with Crippen molar-refractivity contribution in [3.05, 3.63) is 35.2 Å². The highest BCUT2D eigenvalue weighted by Crippen LogP contribution is 2.25. The fraction of sp³-hybridized carbons (Fsp3) is 0.308. The van der Waals surface area contributed by atoms with E-state index in [0.717, 1.165) is 22.1 Å². The Labute approximate surface area is 113 Å². The normalized spacial score (nSPS) is 12.6. The summed E-state index contributed by atoms with van der Waals surface area (Å²) in [6.45, 7) is 2.76. The Balaban J connectivity index is 2.14. The van der Waals surface area contributed by atoms with Gasteiger partial charge in [0.05, 0.1) is 5.56 Å². The second-order valence-electron chi connectivity index (χ2n) is 3.86. The van der Waals surface area contributed by atoms with Gasteiger partial charge in [0.2, 0.25) is 0 Å². The summed E-state index contributed by atoms with van der Waals surface area (Å²) in [4.78, 5) is 12.4. The predicted octanol–water partition coefficient (Wildman–Crippen LogP) is 3.80. The lowest BCUT2D eigenvalue weighted by Gasteiger charge is -2.08. The number of hydrogen-bond acceptors (Lipinski definition) is 2. The van der Waals surface area contributed by atoms with Crippen LogP contribution < -0.4 is 5.32 Å². The first-order chi connectivity index (χ1) is 8.22. The van der Waals surface area contributed by atoms with Crippen molar-refractivity contribution in [3.63, 3.8) is 0 Å². The van der Waals surface area contributed by atoms with Gasteiger partial charge in [0.1, 0.15) is 0 Å². The molecule has 0 bridgehead atoms. The number of thiophene rings is 1. The zero-order valence-electron chi connectivity index (χ0n) is 9.57. The number of fused-ring (bicyclic) bond motifs is 1. The van der Waals surface area contributed by atoms with E-state index >= 15 is 0 Å². The summed E-state index contributed by atoms with van der Waals surface area (Å²) in [5.41, 5.74) is 0.779. The quantitative estimate of drug-likeness (QED) is 0.855. The van der Waals surface area contributed by atoms with Crippen LogP contribution in [0.2, 0.25) is 0 Å². The molecule has 1 N–H and O–H groups in total. The molecule has 90 valence electrons. The SMILES string of the molecule is CCC(Br)CNC(=O)c1csc2ccccc12. The third kappa shape index (κ3) is 2.87. The molecule has 0 aliphatic heterocycles. The minimum atomic E-state index is 0.0142. The molecule has 2 aromatic rings. The molecule has 0 aliphatic carbocycles. The summed E-state index contributed by atoms with van der Waals surface area (Å²) in [5, 5.41) is 5.91. The minimum Gasteiger partial charge on any atom is -0.351 e. The van der Waals surface area contributed by atoms with Gasteiger partial charge in [0.25, 0.3) is 5.91 Å². The third-order valence-corrected chi connectivity index (χ3v) is 4.59. The number of alkyl halides is 1. The van der Waals surface area contributed by atoms with Crippen LogP contribution in [0.5, 0.6) is 0 Å². The van der Waals surface area contributed by atoms with E-state index in [0.29, 0.717) is 11.4 Å². The van der Waals surface area contributed by atoms with E-state index in [9.17, 15) is 4.79 Å². The standard InChI is InChI=1S/C13H14BrNOS/c1-2-9(14)7-15-13(16)11-8-17-12-6-4-3-5-10(11)12/h3-6,8-9H,2,7H2,1H3,(H,15,16). The van der Waals surface area contributed by atoms with E-state index in [1.165, 1.54) is 0 Å². The van der Waals surface area contributed by atoms with Crippen LogP contribution in [0, 0.1) is 0 Å². The van der Waals surface area contributed by atoms with Gasteiger partial charge in [-0.3, -0.25) is 4.79 Å². The summed E-state index contributed by atoms with van der Waals surface area (Å²) in [5.74, 6) is 0.0142. The number of nitrogens with one attached hydrogen (secondary N) is 1. The fourth-order valence-corrected chi connectivity index (χ4v) is 2.70. The van der Waals surface area contributed by atoms with Gasteiger partial charge in [-0.25, -0.2) is 0 Å². The lowest BCUT2D eigenvalue weighted by Crippen LogP contribution is -2.29. The van der Waals surface area contributed by atoms with Crippen LogP contribution in [0.3, 0.4) is 0 Å². The van der Waals surface area contributed by atoms with E-state index < -0.39 is 0 Å². The second kappa shape index (κ2) is 5.65. The highest BCUT2D eigenvalue weighted by Gasteiger charge is 2.12. The second-order valence-corrected chi connectivity index (χ2v) is 6.07. The van der Waals surface area contributed by atoms with E-state index in [4.69, 9.17) is 0 Å². The number of hydrogen-bond donors (Lipinski definition) is 1. The lowest BCUT2D eigenvalue weighted by atomic mass is 10.1. The first-order valence-corrected chi connectivity index (χ1v) is 7.40. The monoisotopic (exact) mass is 311 g/mol. The largest absolute Gasteiger partial charge is 0.351 e. The Hall–Kier alpha value is -0.870. The molecule has 0 aliphatic rings. The Morgan fingerprint density at radius 2 is 2.24 bits per heavy atom. The summed E-state index contributed by atoms with van der Waals surface area (Å²) >= 11 is 5.12. The van der Waals surface area contributed by atoms with Gasteiger partial charge in [-0.15, -0.1) is 11.3 Å². The van der Waals surface area contributed by atoms with E-state index in [2.05, 4.69) is 28.2 Å². The van der Waals surface area contributed by atoms with Crippen molar-refractivity contribution in [1.82, 2.24) is 5.32 Å². The third-order valence-electron chi connectivity index (χ3n) is 2.65. The van der Waals surface area contributed by atoms with Crippen molar-refractivity contribution in [2.45, 2.75) is 18.2 Å². The summed E-state index contributed by atoms with van der Waals surface area (Å²) in [6.07, 6.45) is 1.00. The molecule has 2 nitrogen and oxygen atoms in total. The molecule has 4 heteroatoms. The molecule has 1 unspecified atom stereocenters. The molecule has 0 radical (unpaired) electrons. The number of halogens is 1. The predicted molar refractivity (Wildman–Crippen MR) is 77.2 cm³/mol. The molecular weight excluding hydrogens is 298 g/mol. The number of amides is 1.